The van der Waals surface area contributed by atoms with Gasteiger partial charge < -0.3 is 15.7 Å². The highest BCUT2D eigenvalue weighted by Crippen LogP contribution is 2.30. The summed E-state index contributed by atoms with van der Waals surface area (Å²) in [5.74, 6) is 0.516. The molecular weight excluding hydrogens is 204 g/mol. The Bertz CT molecular complexity index is 254. The van der Waals surface area contributed by atoms with Gasteiger partial charge in [-0.2, -0.15) is 0 Å². The monoisotopic (exact) mass is 226 g/mol. The van der Waals surface area contributed by atoms with Crippen molar-refractivity contribution in [2.45, 2.75) is 44.1 Å². The maximum Gasteiger partial charge on any atom is 0.242 e. The van der Waals surface area contributed by atoms with Crippen LogP contribution in [0.3, 0.4) is 0 Å². The fraction of sp³-hybridized carbons (Fsp3) is 0.917. The first-order valence-electron chi connectivity index (χ1n) is 6.35. The smallest absolute Gasteiger partial charge is 0.242 e. The van der Waals surface area contributed by atoms with Gasteiger partial charge >= 0.3 is 0 Å². The number of carbonyl (C=O) groups excluding carboxylic acids is 1. The van der Waals surface area contributed by atoms with E-state index in [9.17, 15) is 4.79 Å². The number of nitrogens with two attached hydrogens (primary N) is 1. The van der Waals surface area contributed by atoms with E-state index in [1.54, 1.807) is 0 Å². The molecule has 0 aromatic rings. The molecule has 1 saturated carbocycles. The molecule has 4 heteroatoms. The largest absolute Gasteiger partial charge is 0.396 e. The van der Waals surface area contributed by atoms with Crippen LogP contribution < -0.4 is 5.73 Å². The normalized spacial score (nSPS) is 26.0. The molecule has 1 aliphatic heterocycles. The van der Waals surface area contributed by atoms with Gasteiger partial charge in [-0.25, -0.2) is 0 Å². The Kier molecular flexibility index (Phi) is 3.50. The van der Waals surface area contributed by atoms with Crippen LogP contribution in [0, 0.1) is 5.92 Å². The van der Waals surface area contributed by atoms with E-state index in [1.165, 1.54) is 0 Å². The van der Waals surface area contributed by atoms with Crippen LogP contribution in [0.15, 0.2) is 0 Å². The molecule has 0 atom stereocenters. The zero-order chi connectivity index (χ0) is 11.6. The molecule has 2 aliphatic rings. The lowest BCUT2D eigenvalue weighted by Crippen LogP contribution is -2.55. The minimum atomic E-state index is -0.577. The number of likely N-dealkylation sites (tertiary alicyclic amines) is 1. The number of carbonyl (C=O) groups is 1. The number of hydrogen-bond donors (Lipinski definition) is 2. The Morgan fingerprint density at radius 2 is 1.88 bits per heavy atom. The number of amides is 1. The lowest BCUT2D eigenvalue weighted by atomic mass is 9.93. The predicted octanol–water partition coefficient (Wildman–Crippen LogP) is 0.489. The molecule has 4 nitrogen and oxygen atoms in total. The van der Waals surface area contributed by atoms with Crippen LogP contribution in [0.5, 0.6) is 0 Å². The van der Waals surface area contributed by atoms with Gasteiger partial charge in [-0.15, -0.1) is 0 Å². The van der Waals surface area contributed by atoms with Crippen molar-refractivity contribution in [3.63, 3.8) is 0 Å². The average Bonchev–Trinajstić information content (AvgIpc) is 2.77. The summed E-state index contributed by atoms with van der Waals surface area (Å²) in [5, 5.41) is 9.05. The number of aliphatic hydroxyl groups excluding tert-OH is 1. The van der Waals surface area contributed by atoms with Crippen LogP contribution in [-0.2, 0) is 4.79 Å². The highest BCUT2D eigenvalue weighted by Gasteiger charge is 2.40. The van der Waals surface area contributed by atoms with Crippen molar-refractivity contribution >= 4 is 5.91 Å². The highest BCUT2D eigenvalue weighted by molar-refractivity contribution is 5.86. The molecule has 0 aromatic heterocycles. The Hall–Kier alpha value is -0.610. The summed E-state index contributed by atoms with van der Waals surface area (Å²) in [5.41, 5.74) is 5.58. The topological polar surface area (TPSA) is 66.6 Å². The summed E-state index contributed by atoms with van der Waals surface area (Å²) in [4.78, 5) is 14.2. The van der Waals surface area contributed by atoms with Gasteiger partial charge in [0.2, 0.25) is 5.91 Å². The van der Waals surface area contributed by atoms with Crippen LogP contribution >= 0.6 is 0 Å². The molecule has 1 heterocycles. The lowest BCUT2D eigenvalue weighted by Gasteiger charge is -2.36. The van der Waals surface area contributed by atoms with Gasteiger partial charge in [0.15, 0.2) is 0 Å². The summed E-state index contributed by atoms with van der Waals surface area (Å²) in [6.07, 6.45) is 5.67. The SMILES string of the molecule is NC1(C(=O)N2CCC(CO)CC2)CCCC1. The van der Waals surface area contributed by atoms with Gasteiger partial charge in [-0.05, 0) is 31.6 Å². The van der Waals surface area contributed by atoms with Crippen LogP contribution in [0.1, 0.15) is 38.5 Å². The fourth-order valence-corrected chi connectivity index (χ4v) is 2.85. The van der Waals surface area contributed by atoms with E-state index in [1.807, 2.05) is 4.90 Å². The molecule has 3 N–H and O–H groups in total. The summed E-state index contributed by atoms with van der Waals surface area (Å²) in [6.45, 7) is 1.78. The van der Waals surface area contributed by atoms with Crippen molar-refractivity contribution < 1.29 is 9.90 Å². The average molecular weight is 226 g/mol. The van der Waals surface area contributed by atoms with Crippen molar-refractivity contribution in [1.29, 1.82) is 0 Å². The summed E-state index contributed by atoms with van der Waals surface area (Å²) in [7, 11) is 0. The zero-order valence-electron chi connectivity index (χ0n) is 9.82. The van der Waals surface area contributed by atoms with Crippen LogP contribution in [-0.4, -0.2) is 41.1 Å². The molecule has 1 saturated heterocycles. The molecule has 92 valence electrons. The minimum Gasteiger partial charge on any atom is -0.396 e. The van der Waals surface area contributed by atoms with E-state index < -0.39 is 5.54 Å². The van der Waals surface area contributed by atoms with Gasteiger partial charge in [-0.3, -0.25) is 4.79 Å². The van der Waals surface area contributed by atoms with Crippen LogP contribution in [0.25, 0.3) is 0 Å². The third-order valence-corrected chi connectivity index (χ3v) is 4.08. The van der Waals surface area contributed by atoms with Gasteiger partial charge in [0.1, 0.15) is 0 Å². The molecule has 0 unspecified atom stereocenters. The number of rotatable bonds is 2. The van der Waals surface area contributed by atoms with E-state index in [0.717, 1.165) is 51.6 Å². The van der Waals surface area contributed by atoms with Gasteiger partial charge in [0.25, 0.3) is 0 Å². The molecule has 0 bridgehead atoms. The van der Waals surface area contributed by atoms with Crippen LogP contribution in [0.4, 0.5) is 0 Å². The highest BCUT2D eigenvalue weighted by atomic mass is 16.3. The molecule has 0 aromatic carbocycles. The molecule has 0 spiro atoms. The number of nitrogens with zero attached hydrogens (tertiary/aromatic N) is 1. The molecule has 2 rings (SSSR count). The van der Waals surface area contributed by atoms with Gasteiger partial charge in [0, 0.05) is 19.7 Å². The molecule has 0 radical (unpaired) electrons. The summed E-state index contributed by atoms with van der Waals surface area (Å²) >= 11 is 0. The first-order chi connectivity index (χ1) is 7.65. The van der Waals surface area contributed by atoms with Gasteiger partial charge in [-0.1, -0.05) is 12.8 Å². The minimum absolute atomic E-state index is 0.140. The first-order valence-corrected chi connectivity index (χ1v) is 6.35. The second-order valence-corrected chi connectivity index (χ2v) is 5.28. The zero-order valence-corrected chi connectivity index (χ0v) is 9.82. The van der Waals surface area contributed by atoms with E-state index in [-0.39, 0.29) is 12.5 Å². The second kappa shape index (κ2) is 4.72. The number of hydrogen-bond acceptors (Lipinski definition) is 3. The molecule has 2 fully saturated rings. The second-order valence-electron chi connectivity index (χ2n) is 5.28. The molecular formula is C12H22N2O2. The Labute approximate surface area is 96.8 Å². The van der Waals surface area contributed by atoms with E-state index >= 15 is 0 Å². The van der Waals surface area contributed by atoms with Crippen molar-refractivity contribution in [1.82, 2.24) is 4.90 Å². The third kappa shape index (κ3) is 2.23. The third-order valence-electron chi connectivity index (χ3n) is 4.08. The lowest BCUT2D eigenvalue weighted by molar-refractivity contribution is -0.138. The quantitative estimate of drug-likeness (QED) is 0.720. The van der Waals surface area contributed by atoms with E-state index in [2.05, 4.69) is 0 Å². The maximum absolute atomic E-state index is 12.3. The predicted molar refractivity (Wildman–Crippen MR) is 61.8 cm³/mol. The van der Waals surface area contributed by atoms with Crippen molar-refractivity contribution in [3.05, 3.63) is 0 Å². The number of piperidine rings is 1. The first kappa shape index (κ1) is 11.9. The Morgan fingerprint density at radius 1 is 1.31 bits per heavy atom. The van der Waals surface area contributed by atoms with Crippen LogP contribution in [0.2, 0.25) is 0 Å². The summed E-state index contributed by atoms with van der Waals surface area (Å²) in [6, 6.07) is 0. The molecule has 1 aliphatic carbocycles. The van der Waals surface area contributed by atoms with Crippen molar-refractivity contribution in [2.75, 3.05) is 19.7 Å². The Morgan fingerprint density at radius 3 is 2.38 bits per heavy atom. The van der Waals surface area contributed by atoms with Crippen molar-refractivity contribution in [2.24, 2.45) is 11.7 Å². The van der Waals surface area contributed by atoms with Gasteiger partial charge in [0.05, 0.1) is 5.54 Å². The summed E-state index contributed by atoms with van der Waals surface area (Å²) < 4.78 is 0. The van der Waals surface area contributed by atoms with E-state index in [0.29, 0.717) is 5.92 Å². The molecule has 1 amide bonds. The standard InChI is InChI=1S/C12H22N2O2/c13-12(5-1-2-6-12)11(16)14-7-3-10(9-15)4-8-14/h10,15H,1-9,13H2. The Balaban J connectivity index is 1.91. The maximum atomic E-state index is 12.3. The fourth-order valence-electron chi connectivity index (χ4n) is 2.85. The van der Waals surface area contributed by atoms with Crippen molar-refractivity contribution in [3.8, 4) is 0 Å². The number of aliphatic hydroxyl groups is 1. The molecule has 16 heavy (non-hydrogen) atoms. The van der Waals surface area contributed by atoms with E-state index in [4.69, 9.17) is 10.8 Å².